The van der Waals surface area contributed by atoms with Crippen molar-refractivity contribution < 1.29 is 9.90 Å². The normalized spacial score (nSPS) is 11.2. The van der Waals surface area contributed by atoms with Crippen LogP contribution in [0.5, 0.6) is 5.75 Å². The van der Waals surface area contributed by atoms with Crippen molar-refractivity contribution in [3.05, 3.63) is 81.1 Å². The molecular formula is C22H17Cl2N3O2. The minimum Gasteiger partial charge on any atom is -0.508 e. The summed E-state index contributed by atoms with van der Waals surface area (Å²) in [6.07, 6.45) is 1.53. The first kappa shape index (κ1) is 20.5. The predicted octanol–water partition coefficient (Wildman–Crippen LogP) is 5.65. The highest BCUT2D eigenvalue weighted by atomic mass is 35.5. The summed E-state index contributed by atoms with van der Waals surface area (Å²) in [5.74, 6) is -0.398. The number of aromatic nitrogens is 1. The zero-order valence-electron chi connectivity index (χ0n) is 15.7. The first-order valence-electron chi connectivity index (χ1n) is 8.67. The van der Waals surface area contributed by atoms with Crippen LogP contribution in [0.2, 0.25) is 10.0 Å². The Labute approximate surface area is 178 Å². The first-order valence-corrected chi connectivity index (χ1v) is 9.43. The molecular weight excluding hydrogens is 409 g/mol. The molecule has 0 saturated carbocycles. The number of halogens is 2. The second-order valence-electron chi connectivity index (χ2n) is 6.40. The lowest BCUT2D eigenvalue weighted by Crippen LogP contribution is -2.13. The monoisotopic (exact) mass is 425 g/mol. The van der Waals surface area contributed by atoms with Gasteiger partial charge in [-0.2, -0.15) is 5.26 Å². The van der Waals surface area contributed by atoms with Crippen molar-refractivity contribution in [1.29, 1.82) is 5.26 Å². The van der Waals surface area contributed by atoms with Gasteiger partial charge in [-0.05, 0) is 68.0 Å². The van der Waals surface area contributed by atoms with Gasteiger partial charge in [0.15, 0.2) is 0 Å². The number of nitriles is 1. The number of aromatic hydroxyl groups is 1. The number of rotatable bonds is 4. The number of carbonyl (C=O) groups excluding carboxylic acids is 1. The topological polar surface area (TPSA) is 78.0 Å². The van der Waals surface area contributed by atoms with Crippen LogP contribution in [0.15, 0.2) is 54.1 Å². The maximum atomic E-state index is 12.6. The van der Waals surface area contributed by atoms with Gasteiger partial charge in [-0.3, -0.25) is 4.79 Å². The van der Waals surface area contributed by atoms with E-state index in [1.165, 1.54) is 6.08 Å². The van der Waals surface area contributed by atoms with Crippen LogP contribution in [0.25, 0.3) is 11.8 Å². The van der Waals surface area contributed by atoms with Crippen LogP contribution in [-0.2, 0) is 4.79 Å². The van der Waals surface area contributed by atoms with Crippen molar-refractivity contribution in [3.8, 4) is 17.5 Å². The Morgan fingerprint density at radius 2 is 1.86 bits per heavy atom. The molecule has 0 spiro atoms. The van der Waals surface area contributed by atoms with E-state index in [-0.39, 0.29) is 16.3 Å². The Morgan fingerprint density at radius 3 is 2.52 bits per heavy atom. The summed E-state index contributed by atoms with van der Waals surface area (Å²) >= 11 is 12.1. The zero-order chi connectivity index (χ0) is 21.1. The van der Waals surface area contributed by atoms with E-state index in [0.717, 1.165) is 22.6 Å². The SMILES string of the molecule is Cc1cc(/C=C(/C#N)C(=O)Nc2cccc(Cl)c2Cl)c(C)n1-c1ccc(O)cc1. The highest BCUT2D eigenvalue weighted by Gasteiger charge is 2.15. The Balaban J connectivity index is 1.94. The second kappa shape index (κ2) is 8.44. The molecule has 0 saturated heterocycles. The van der Waals surface area contributed by atoms with Crippen LogP contribution in [-0.4, -0.2) is 15.6 Å². The minimum absolute atomic E-state index is 0.0630. The lowest BCUT2D eigenvalue weighted by Gasteiger charge is -2.10. The van der Waals surface area contributed by atoms with Crippen molar-refractivity contribution in [1.82, 2.24) is 4.57 Å². The van der Waals surface area contributed by atoms with Gasteiger partial charge in [0.1, 0.15) is 17.4 Å². The Kier molecular flexibility index (Phi) is 5.97. The Bertz CT molecular complexity index is 1160. The molecule has 7 heteroatoms. The highest BCUT2D eigenvalue weighted by molar-refractivity contribution is 6.44. The van der Waals surface area contributed by atoms with Crippen LogP contribution in [0.3, 0.4) is 0 Å². The van der Waals surface area contributed by atoms with E-state index in [1.807, 2.05) is 30.6 Å². The third-order valence-corrected chi connectivity index (χ3v) is 5.26. The van der Waals surface area contributed by atoms with E-state index in [2.05, 4.69) is 5.32 Å². The van der Waals surface area contributed by atoms with Crippen LogP contribution in [0.1, 0.15) is 17.0 Å². The summed E-state index contributed by atoms with van der Waals surface area (Å²) in [5, 5.41) is 22.1. The molecule has 3 aromatic rings. The summed E-state index contributed by atoms with van der Waals surface area (Å²) in [6, 6.07) is 15.5. The summed E-state index contributed by atoms with van der Waals surface area (Å²) in [5.41, 5.74) is 3.65. The van der Waals surface area contributed by atoms with E-state index in [9.17, 15) is 15.2 Å². The number of phenolic OH excluding ortho intramolecular Hbond substituents is 1. The molecule has 0 atom stereocenters. The molecule has 146 valence electrons. The molecule has 0 radical (unpaired) electrons. The largest absolute Gasteiger partial charge is 0.508 e. The number of benzene rings is 2. The Morgan fingerprint density at radius 1 is 1.17 bits per heavy atom. The quantitative estimate of drug-likeness (QED) is 0.418. The maximum Gasteiger partial charge on any atom is 0.266 e. The summed E-state index contributed by atoms with van der Waals surface area (Å²) in [7, 11) is 0. The van der Waals surface area contributed by atoms with Gasteiger partial charge in [-0.1, -0.05) is 29.3 Å². The average molecular weight is 426 g/mol. The maximum absolute atomic E-state index is 12.6. The Hall–Kier alpha value is -3.20. The number of hydrogen-bond donors (Lipinski definition) is 2. The summed E-state index contributed by atoms with van der Waals surface area (Å²) < 4.78 is 1.98. The molecule has 29 heavy (non-hydrogen) atoms. The molecule has 1 heterocycles. The number of hydrogen-bond acceptors (Lipinski definition) is 3. The first-order chi connectivity index (χ1) is 13.8. The number of amides is 1. The molecule has 5 nitrogen and oxygen atoms in total. The van der Waals surface area contributed by atoms with Crippen molar-refractivity contribution >= 4 is 40.9 Å². The van der Waals surface area contributed by atoms with Gasteiger partial charge < -0.3 is 15.0 Å². The molecule has 0 unspecified atom stereocenters. The fraction of sp³-hybridized carbons (Fsp3) is 0.0909. The molecule has 0 aliphatic rings. The second-order valence-corrected chi connectivity index (χ2v) is 7.19. The van der Waals surface area contributed by atoms with Crippen LogP contribution in [0.4, 0.5) is 5.69 Å². The van der Waals surface area contributed by atoms with E-state index >= 15 is 0 Å². The van der Waals surface area contributed by atoms with Gasteiger partial charge in [0.25, 0.3) is 5.91 Å². The van der Waals surface area contributed by atoms with E-state index in [4.69, 9.17) is 23.2 Å². The number of aryl methyl sites for hydroxylation is 1. The van der Waals surface area contributed by atoms with Crippen molar-refractivity contribution in [2.45, 2.75) is 13.8 Å². The van der Waals surface area contributed by atoms with Gasteiger partial charge in [0.05, 0.1) is 15.7 Å². The molecule has 2 aromatic carbocycles. The fourth-order valence-electron chi connectivity index (χ4n) is 3.03. The predicted molar refractivity (Wildman–Crippen MR) is 116 cm³/mol. The summed E-state index contributed by atoms with van der Waals surface area (Å²) in [4.78, 5) is 12.6. The number of nitrogens with one attached hydrogen (secondary N) is 1. The third kappa shape index (κ3) is 4.29. The molecule has 3 rings (SSSR count). The fourth-order valence-corrected chi connectivity index (χ4v) is 3.37. The highest BCUT2D eigenvalue weighted by Crippen LogP contribution is 2.30. The molecule has 1 aromatic heterocycles. The average Bonchev–Trinajstić information content (AvgIpc) is 2.97. The lowest BCUT2D eigenvalue weighted by molar-refractivity contribution is -0.112. The molecule has 0 aliphatic heterocycles. The molecule has 1 amide bonds. The lowest BCUT2D eigenvalue weighted by atomic mass is 10.1. The number of carbonyl (C=O) groups is 1. The van der Waals surface area contributed by atoms with Crippen molar-refractivity contribution in [2.24, 2.45) is 0 Å². The molecule has 0 aliphatic carbocycles. The zero-order valence-corrected chi connectivity index (χ0v) is 17.2. The van der Waals surface area contributed by atoms with Crippen LogP contribution in [0, 0.1) is 25.2 Å². The molecule has 2 N–H and O–H groups in total. The van der Waals surface area contributed by atoms with Gasteiger partial charge in [-0.15, -0.1) is 0 Å². The van der Waals surface area contributed by atoms with Gasteiger partial charge in [0, 0.05) is 17.1 Å². The van der Waals surface area contributed by atoms with E-state index in [0.29, 0.717) is 10.7 Å². The van der Waals surface area contributed by atoms with Gasteiger partial charge in [-0.25, -0.2) is 0 Å². The van der Waals surface area contributed by atoms with Crippen LogP contribution >= 0.6 is 23.2 Å². The van der Waals surface area contributed by atoms with E-state index < -0.39 is 5.91 Å². The third-order valence-electron chi connectivity index (χ3n) is 4.44. The molecule has 0 bridgehead atoms. The summed E-state index contributed by atoms with van der Waals surface area (Å²) in [6.45, 7) is 3.82. The van der Waals surface area contributed by atoms with Crippen LogP contribution < -0.4 is 5.32 Å². The van der Waals surface area contributed by atoms with Crippen molar-refractivity contribution in [3.63, 3.8) is 0 Å². The number of nitrogens with zero attached hydrogens (tertiary/aromatic N) is 2. The van der Waals surface area contributed by atoms with Gasteiger partial charge in [0.2, 0.25) is 0 Å². The van der Waals surface area contributed by atoms with Gasteiger partial charge >= 0.3 is 0 Å². The number of anilines is 1. The van der Waals surface area contributed by atoms with Crippen molar-refractivity contribution in [2.75, 3.05) is 5.32 Å². The van der Waals surface area contributed by atoms with E-state index in [1.54, 1.807) is 42.5 Å². The standard InChI is InChI=1S/C22H17Cl2N3O2/c1-13-10-15(14(2)27(13)17-6-8-18(28)9-7-17)11-16(12-25)22(29)26-20-5-3-4-19(23)21(20)24/h3-11,28H,1-2H3,(H,26,29)/b16-11-. The molecule has 0 fully saturated rings. The number of phenols is 1. The smallest absolute Gasteiger partial charge is 0.266 e. The minimum atomic E-state index is -0.578.